The second kappa shape index (κ2) is 3.29. The van der Waals surface area contributed by atoms with Gasteiger partial charge in [0.15, 0.2) is 0 Å². The molecule has 8 heavy (non-hydrogen) atoms. The Morgan fingerprint density at radius 3 is 2.62 bits per heavy atom. The Balaban J connectivity index is 4.01. The van der Waals surface area contributed by atoms with Gasteiger partial charge in [0.2, 0.25) is 0 Å². The molecule has 0 aliphatic rings. The van der Waals surface area contributed by atoms with Crippen LogP contribution in [0.1, 0.15) is 0 Å². The van der Waals surface area contributed by atoms with Crippen LogP contribution in [0.2, 0.25) is 0 Å². The first kappa shape index (κ1) is 6.09. The molecule has 0 aliphatic heterocycles. The average molecular weight is 108 g/mol. The molecule has 0 bridgehead atoms. The first-order valence-electron chi connectivity index (χ1n) is 1.47. The monoisotopic (exact) mass is 108 g/mol. The zero-order chi connectivity index (χ0) is 6.41. The Labute approximate surface area is 44.9 Å². The zero-order valence-electron chi connectivity index (χ0n) is 3.68. The van der Waals surface area contributed by atoms with E-state index in [9.17, 15) is 0 Å². The number of rotatable bonds is 1. The van der Waals surface area contributed by atoms with Crippen molar-refractivity contribution < 1.29 is 0 Å². The fourth-order valence-corrected chi connectivity index (χ4v) is 0.100. The number of hydrogen-bond donors (Lipinski definition) is 0. The molecule has 0 aromatic rings. The highest BCUT2D eigenvalue weighted by Crippen LogP contribution is 1.84. The average Bonchev–Trinajstić information content (AvgIpc) is 1.83. The van der Waals surface area contributed by atoms with Crippen LogP contribution in [0, 0.1) is 18.0 Å². The molecule has 0 aromatic heterocycles. The lowest BCUT2D eigenvalue weighted by Crippen LogP contribution is -1.92. The minimum absolute atomic E-state index is 0.236. The van der Waals surface area contributed by atoms with Crippen molar-refractivity contribution in [1.82, 2.24) is 5.12 Å². The summed E-state index contributed by atoms with van der Waals surface area (Å²) in [5, 5.41) is 10.8. The molecular formula is C2N6. The molecule has 0 fully saturated rings. The molecule has 6 heteroatoms. The van der Waals surface area contributed by atoms with Gasteiger partial charge in [-0.3, -0.25) is 0 Å². The molecule has 0 unspecified atom stereocenters. The Hall–Kier alpha value is -1.91. The topological polar surface area (TPSA) is 80.2 Å². The van der Waals surface area contributed by atoms with Crippen LogP contribution in [0.5, 0.6) is 0 Å². The maximum atomic E-state index is 7.85. The van der Waals surface area contributed by atoms with Gasteiger partial charge in [-0.1, -0.05) is 0 Å². The standard InChI is InChI=1S/C2N6/c1-5-8(2-3)7-6-4. The summed E-state index contributed by atoms with van der Waals surface area (Å²) in [6.07, 6.45) is 1.31. The molecule has 0 N–H and O–H groups in total. The Bertz CT molecular complexity index is 172. The minimum atomic E-state index is 0.236. The highest BCUT2D eigenvalue weighted by Gasteiger charge is 1.93. The molecule has 0 saturated carbocycles. The van der Waals surface area contributed by atoms with E-state index in [0.717, 1.165) is 0 Å². The SMILES string of the molecule is [C-]#[N+]N(C#N)N=[N+]=[N-]. The molecule has 0 spiro atoms. The van der Waals surface area contributed by atoms with Crippen LogP contribution in [-0.4, -0.2) is 5.12 Å². The van der Waals surface area contributed by atoms with Crippen molar-refractivity contribution in [2.45, 2.75) is 0 Å². The maximum Gasteiger partial charge on any atom is 0.354 e. The Kier molecular flexibility index (Phi) is 2.50. The summed E-state index contributed by atoms with van der Waals surface area (Å²) in [5.74, 6) is 0. The minimum Gasteiger partial charge on any atom is -0.324 e. The first-order chi connectivity index (χ1) is 3.85. The van der Waals surface area contributed by atoms with Crippen molar-refractivity contribution >= 4 is 0 Å². The van der Waals surface area contributed by atoms with Crippen LogP contribution >= 0.6 is 0 Å². The van der Waals surface area contributed by atoms with Gasteiger partial charge < -0.3 is 6.57 Å². The smallest absolute Gasteiger partial charge is 0.324 e. The van der Waals surface area contributed by atoms with Gasteiger partial charge in [-0.05, 0) is 0 Å². The molecular weight excluding hydrogens is 108 g/mol. The van der Waals surface area contributed by atoms with Crippen LogP contribution in [0.3, 0.4) is 0 Å². The summed E-state index contributed by atoms with van der Waals surface area (Å²) in [6.45, 7) is 6.13. The van der Waals surface area contributed by atoms with Crippen LogP contribution in [0.25, 0.3) is 15.4 Å². The van der Waals surface area contributed by atoms with Gasteiger partial charge in [-0.25, -0.2) is 4.95 Å². The van der Waals surface area contributed by atoms with Crippen LogP contribution in [-0.2, 0) is 0 Å². The van der Waals surface area contributed by atoms with E-state index in [0.29, 0.717) is 0 Å². The summed E-state index contributed by atoms with van der Waals surface area (Å²) in [4.78, 5) is 4.69. The third-order valence-corrected chi connectivity index (χ3v) is 0.309. The van der Waals surface area contributed by atoms with Gasteiger partial charge in [-0.2, -0.15) is 4.91 Å². The van der Waals surface area contributed by atoms with Crippen LogP contribution in [0.4, 0.5) is 0 Å². The van der Waals surface area contributed by atoms with Crippen molar-refractivity contribution in [1.29, 1.82) is 5.26 Å². The Morgan fingerprint density at radius 2 is 2.50 bits per heavy atom. The van der Waals surface area contributed by atoms with E-state index in [1.807, 2.05) is 0 Å². The summed E-state index contributed by atoms with van der Waals surface area (Å²) in [5.41, 5.74) is 7.62. The first-order valence-corrected chi connectivity index (χ1v) is 1.47. The lowest BCUT2D eigenvalue weighted by atomic mass is 11.3. The van der Waals surface area contributed by atoms with Gasteiger partial charge in [0.1, 0.15) is 0 Å². The molecule has 0 saturated heterocycles. The van der Waals surface area contributed by atoms with Gasteiger partial charge >= 0.3 is 6.19 Å². The fraction of sp³-hybridized carbons (Fsp3) is 0. The predicted octanol–water partition coefficient (Wildman–Crippen LogP) is 0.829. The van der Waals surface area contributed by atoms with Gasteiger partial charge in [0.25, 0.3) is 0 Å². The number of azide groups is 1. The van der Waals surface area contributed by atoms with E-state index < -0.39 is 0 Å². The fourth-order valence-electron chi connectivity index (χ4n) is 0.100. The van der Waals surface area contributed by atoms with E-state index in [1.165, 1.54) is 6.19 Å². The number of hydrogen-bond acceptors (Lipinski definition) is 2. The van der Waals surface area contributed by atoms with Crippen molar-refractivity contribution in [3.8, 4) is 6.19 Å². The van der Waals surface area contributed by atoms with Gasteiger partial charge in [0.05, 0.1) is 10.3 Å². The lowest BCUT2D eigenvalue weighted by Gasteiger charge is -1.81. The molecule has 0 aromatic carbocycles. The Morgan fingerprint density at radius 1 is 1.88 bits per heavy atom. The molecule has 6 nitrogen and oxygen atoms in total. The van der Waals surface area contributed by atoms with E-state index >= 15 is 0 Å². The maximum absolute atomic E-state index is 7.85. The molecule has 0 rings (SSSR count). The summed E-state index contributed by atoms with van der Waals surface area (Å²) >= 11 is 0. The summed E-state index contributed by atoms with van der Waals surface area (Å²) in [6, 6.07) is 0. The largest absolute Gasteiger partial charge is 0.354 e. The van der Waals surface area contributed by atoms with E-state index in [4.69, 9.17) is 17.4 Å². The quantitative estimate of drug-likeness (QED) is 0.0947. The highest BCUT2D eigenvalue weighted by atomic mass is 15.7. The van der Waals surface area contributed by atoms with E-state index in [1.54, 1.807) is 0 Å². The second-order valence-electron chi connectivity index (χ2n) is 0.668. The lowest BCUT2D eigenvalue weighted by molar-refractivity contribution is 0.549. The molecule has 0 aliphatic carbocycles. The van der Waals surface area contributed by atoms with Gasteiger partial charge in [0, 0.05) is 0 Å². The van der Waals surface area contributed by atoms with Crippen molar-refractivity contribution in [3.05, 3.63) is 22.0 Å². The molecule has 38 valence electrons. The molecule has 0 radical (unpaired) electrons. The number of nitrogens with zero attached hydrogens (tertiary/aromatic N) is 6. The molecule has 0 atom stereocenters. The third-order valence-electron chi connectivity index (χ3n) is 0.309. The zero-order valence-corrected chi connectivity index (χ0v) is 3.68. The predicted molar refractivity (Wildman–Crippen MR) is 23.2 cm³/mol. The van der Waals surface area contributed by atoms with E-state index in [2.05, 4.69) is 15.1 Å². The van der Waals surface area contributed by atoms with Crippen LogP contribution in [0.15, 0.2) is 5.22 Å². The molecule has 0 amide bonds. The van der Waals surface area contributed by atoms with Crippen LogP contribution < -0.4 is 0 Å². The third kappa shape index (κ3) is 1.51. The summed E-state index contributed by atoms with van der Waals surface area (Å²) < 4.78 is 0. The normalized spacial score (nSPS) is 5.25. The van der Waals surface area contributed by atoms with Crippen molar-refractivity contribution in [3.63, 3.8) is 0 Å². The number of nitriles is 1. The van der Waals surface area contributed by atoms with E-state index in [-0.39, 0.29) is 5.12 Å². The molecule has 0 heterocycles. The van der Waals surface area contributed by atoms with Gasteiger partial charge in [-0.15, -0.1) is 10.8 Å². The second-order valence-corrected chi connectivity index (χ2v) is 0.668. The van der Waals surface area contributed by atoms with Crippen molar-refractivity contribution in [2.24, 2.45) is 5.22 Å². The highest BCUT2D eigenvalue weighted by molar-refractivity contribution is 4.71. The summed E-state index contributed by atoms with van der Waals surface area (Å²) in [7, 11) is 0. The van der Waals surface area contributed by atoms with Crippen molar-refractivity contribution in [2.75, 3.05) is 0 Å².